The SMILES string of the molecule is CCc1nc(C)c(C(O)=S)n1Cc1ccc(-c2ccccc2S(=O)(=O)NC(=O)NC)cc1. The van der Waals surface area contributed by atoms with E-state index in [1.54, 1.807) is 25.1 Å². The summed E-state index contributed by atoms with van der Waals surface area (Å²) >= 11 is 4.99. The summed E-state index contributed by atoms with van der Waals surface area (Å²) in [5.74, 6) is 0.815. The third-order valence-corrected chi connectivity index (χ3v) is 6.56. The van der Waals surface area contributed by atoms with Crippen LogP contribution in [0.15, 0.2) is 53.4 Å². The second kappa shape index (κ2) is 9.49. The third-order valence-electron chi connectivity index (χ3n) is 4.98. The minimum atomic E-state index is -4.05. The van der Waals surface area contributed by atoms with Crippen LogP contribution in [-0.2, 0) is 23.0 Å². The molecule has 2 amide bonds. The number of aliphatic hydroxyl groups excluding tert-OH is 1. The molecule has 3 aromatic rings. The molecule has 1 heterocycles. The molecular formula is C22H24N4O4S2. The first-order chi connectivity index (χ1) is 15.2. The Hall–Kier alpha value is -3.24. The van der Waals surface area contributed by atoms with Gasteiger partial charge in [-0.25, -0.2) is 22.9 Å². The molecule has 168 valence electrons. The molecule has 0 spiro atoms. The maximum atomic E-state index is 12.7. The standard InChI is InChI=1S/C22H24N4O4S2/c1-4-19-24-14(2)20(21(27)31)26(19)13-15-9-11-16(12-10-15)17-7-5-6-8-18(17)32(29,30)25-22(28)23-3/h5-12H,4,13H2,1-3H3,(H,27,31)(H2,23,25,28). The van der Waals surface area contributed by atoms with E-state index in [1.807, 2.05) is 40.5 Å². The van der Waals surface area contributed by atoms with Gasteiger partial charge in [0, 0.05) is 25.6 Å². The fraction of sp³-hybridized carbons (Fsp3) is 0.227. The van der Waals surface area contributed by atoms with Gasteiger partial charge in [0.2, 0.25) is 5.05 Å². The van der Waals surface area contributed by atoms with Gasteiger partial charge in [-0.2, -0.15) is 0 Å². The number of nitrogens with one attached hydrogen (secondary N) is 2. The number of nitrogens with zero attached hydrogens (tertiary/aromatic N) is 2. The van der Waals surface area contributed by atoms with Crippen LogP contribution in [0.3, 0.4) is 0 Å². The lowest BCUT2D eigenvalue weighted by Crippen LogP contribution is -2.37. The third kappa shape index (κ3) is 4.81. The van der Waals surface area contributed by atoms with Crippen LogP contribution in [0.2, 0.25) is 0 Å². The number of hydrogen-bond acceptors (Lipinski definition) is 5. The van der Waals surface area contributed by atoms with Gasteiger partial charge in [0.05, 0.1) is 10.6 Å². The van der Waals surface area contributed by atoms with Crippen molar-refractivity contribution in [2.75, 3.05) is 7.05 Å². The highest BCUT2D eigenvalue weighted by molar-refractivity contribution is 7.90. The van der Waals surface area contributed by atoms with Crippen LogP contribution in [-0.4, -0.2) is 41.2 Å². The molecule has 1 aromatic heterocycles. The number of hydrogen-bond donors (Lipinski definition) is 3. The number of aliphatic hydroxyl groups is 1. The van der Waals surface area contributed by atoms with Crippen LogP contribution in [0.1, 0.15) is 29.7 Å². The molecule has 3 N–H and O–H groups in total. The molecule has 3 rings (SSSR count). The molecule has 0 bridgehead atoms. The minimum absolute atomic E-state index is 0.00256. The van der Waals surface area contributed by atoms with Crippen LogP contribution in [0.5, 0.6) is 0 Å². The van der Waals surface area contributed by atoms with E-state index < -0.39 is 16.1 Å². The van der Waals surface area contributed by atoms with Gasteiger partial charge in [0.25, 0.3) is 10.0 Å². The first kappa shape index (κ1) is 23.4. The summed E-state index contributed by atoms with van der Waals surface area (Å²) in [5.41, 5.74) is 3.29. The molecule has 0 fully saturated rings. The van der Waals surface area contributed by atoms with E-state index >= 15 is 0 Å². The van der Waals surface area contributed by atoms with Crippen LogP contribution in [0.4, 0.5) is 4.79 Å². The zero-order chi connectivity index (χ0) is 23.5. The van der Waals surface area contributed by atoms with Crippen molar-refractivity contribution in [3.8, 4) is 11.1 Å². The lowest BCUT2D eigenvalue weighted by Gasteiger charge is -2.13. The second-order valence-corrected chi connectivity index (χ2v) is 9.12. The van der Waals surface area contributed by atoms with E-state index in [1.165, 1.54) is 13.1 Å². The van der Waals surface area contributed by atoms with Gasteiger partial charge in [-0.15, -0.1) is 0 Å². The highest BCUT2D eigenvalue weighted by atomic mass is 32.2. The molecule has 0 radical (unpaired) electrons. The summed E-state index contributed by atoms with van der Waals surface area (Å²) in [7, 11) is -2.70. The lowest BCUT2D eigenvalue weighted by molar-refractivity contribution is 0.248. The molecule has 0 atom stereocenters. The number of aromatic nitrogens is 2. The number of carbonyl (C=O) groups excluding carboxylic acids is 1. The zero-order valence-corrected chi connectivity index (χ0v) is 19.5. The average Bonchev–Trinajstić information content (AvgIpc) is 3.09. The van der Waals surface area contributed by atoms with Crippen molar-refractivity contribution in [2.45, 2.75) is 31.7 Å². The number of urea groups is 1. The summed E-state index contributed by atoms with van der Waals surface area (Å²) in [4.78, 5) is 16.1. The van der Waals surface area contributed by atoms with Crippen molar-refractivity contribution in [2.24, 2.45) is 0 Å². The molecule has 32 heavy (non-hydrogen) atoms. The summed E-state index contributed by atoms with van der Waals surface area (Å²) in [6, 6.07) is 13.0. The van der Waals surface area contributed by atoms with Crippen LogP contribution in [0, 0.1) is 6.92 Å². The summed E-state index contributed by atoms with van der Waals surface area (Å²) < 4.78 is 29.2. The molecule has 10 heteroatoms. The van der Waals surface area contributed by atoms with Gasteiger partial charge >= 0.3 is 6.03 Å². The number of benzene rings is 2. The number of thiocarbonyl (C=S) groups is 1. The van der Waals surface area contributed by atoms with Gasteiger partial charge in [-0.05, 0) is 36.3 Å². The molecule has 0 saturated heterocycles. The maximum Gasteiger partial charge on any atom is 0.328 e. The Balaban J connectivity index is 1.95. The molecule has 0 aliphatic heterocycles. The lowest BCUT2D eigenvalue weighted by atomic mass is 10.0. The monoisotopic (exact) mass is 472 g/mol. The quantitative estimate of drug-likeness (QED) is 0.455. The minimum Gasteiger partial charge on any atom is -0.497 e. The van der Waals surface area contributed by atoms with Gasteiger partial charge in [0.1, 0.15) is 11.5 Å². The number of carbonyl (C=O) groups is 1. The Kier molecular flexibility index (Phi) is 6.95. The fourth-order valence-corrected chi connectivity index (χ4v) is 4.93. The van der Waals surface area contributed by atoms with E-state index in [9.17, 15) is 18.3 Å². The van der Waals surface area contributed by atoms with Crippen molar-refractivity contribution < 1.29 is 18.3 Å². The molecule has 0 saturated carbocycles. The Morgan fingerprint density at radius 3 is 2.41 bits per heavy atom. The number of sulfonamides is 1. The number of rotatable bonds is 7. The maximum absolute atomic E-state index is 12.7. The highest BCUT2D eigenvalue weighted by Gasteiger charge is 2.21. The number of amides is 2. The largest absolute Gasteiger partial charge is 0.497 e. The van der Waals surface area contributed by atoms with E-state index in [-0.39, 0.29) is 9.95 Å². The predicted molar refractivity (Wildman–Crippen MR) is 126 cm³/mol. The summed E-state index contributed by atoms with van der Waals surface area (Å²) in [6.07, 6.45) is 0.686. The van der Waals surface area contributed by atoms with Crippen LogP contribution < -0.4 is 10.0 Å². The first-order valence-electron chi connectivity index (χ1n) is 9.90. The van der Waals surface area contributed by atoms with Crippen molar-refractivity contribution >= 4 is 33.3 Å². The first-order valence-corrected chi connectivity index (χ1v) is 11.8. The van der Waals surface area contributed by atoms with Crippen LogP contribution in [0.25, 0.3) is 11.1 Å². The molecule has 0 aliphatic carbocycles. The Morgan fingerprint density at radius 1 is 1.16 bits per heavy atom. The van der Waals surface area contributed by atoms with Gasteiger partial charge < -0.3 is 15.0 Å². The van der Waals surface area contributed by atoms with Crippen LogP contribution >= 0.6 is 12.2 Å². The zero-order valence-electron chi connectivity index (χ0n) is 17.9. The topological polar surface area (TPSA) is 113 Å². The van der Waals surface area contributed by atoms with Crippen molar-refractivity contribution in [1.29, 1.82) is 0 Å². The normalized spacial score (nSPS) is 11.2. The average molecular weight is 473 g/mol. The van der Waals surface area contributed by atoms with E-state index in [0.29, 0.717) is 35.5 Å². The Bertz CT molecular complexity index is 1270. The van der Waals surface area contributed by atoms with Crippen molar-refractivity contribution in [3.05, 3.63) is 71.3 Å². The summed E-state index contributed by atoms with van der Waals surface area (Å²) in [5, 5.41) is 12.0. The van der Waals surface area contributed by atoms with Gasteiger partial charge in [0.15, 0.2) is 0 Å². The van der Waals surface area contributed by atoms with Crippen molar-refractivity contribution in [3.63, 3.8) is 0 Å². The van der Waals surface area contributed by atoms with E-state index in [2.05, 4.69) is 10.3 Å². The smallest absolute Gasteiger partial charge is 0.328 e. The van der Waals surface area contributed by atoms with Crippen molar-refractivity contribution in [1.82, 2.24) is 19.6 Å². The second-order valence-electron chi connectivity index (χ2n) is 7.08. The predicted octanol–water partition coefficient (Wildman–Crippen LogP) is 3.32. The molecule has 0 aliphatic rings. The van der Waals surface area contributed by atoms with Gasteiger partial charge in [-0.1, -0.05) is 49.4 Å². The fourth-order valence-electron chi connectivity index (χ4n) is 3.48. The molecular weight excluding hydrogens is 448 g/mol. The summed E-state index contributed by atoms with van der Waals surface area (Å²) in [6.45, 7) is 4.25. The highest BCUT2D eigenvalue weighted by Crippen LogP contribution is 2.28. The Labute approximate surface area is 192 Å². The number of imidazole rings is 1. The molecule has 0 unspecified atom stereocenters. The number of aryl methyl sites for hydroxylation is 2. The molecule has 2 aromatic carbocycles. The van der Waals surface area contributed by atoms with E-state index in [0.717, 1.165) is 11.4 Å². The Morgan fingerprint density at radius 2 is 1.81 bits per heavy atom. The van der Waals surface area contributed by atoms with Gasteiger partial charge in [-0.3, -0.25) is 0 Å². The van der Waals surface area contributed by atoms with E-state index in [4.69, 9.17) is 12.2 Å². The molecule has 8 nitrogen and oxygen atoms in total.